The second-order valence-corrected chi connectivity index (χ2v) is 8.20. The van der Waals surface area contributed by atoms with Gasteiger partial charge in [0, 0.05) is 44.4 Å². The van der Waals surface area contributed by atoms with E-state index in [9.17, 15) is 14.0 Å². The molecule has 0 radical (unpaired) electrons. The molecule has 0 bridgehead atoms. The molecule has 9 heteroatoms. The van der Waals surface area contributed by atoms with Crippen molar-refractivity contribution < 1.29 is 14.0 Å². The zero-order valence-corrected chi connectivity index (χ0v) is 17.7. The van der Waals surface area contributed by atoms with E-state index in [1.54, 1.807) is 15.9 Å². The van der Waals surface area contributed by atoms with Crippen molar-refractivity contribution in [1.29, 1.82) is 5.26 Å². The number of carbonyl (C=O) groups excluding carboxylic acids is 2. The van der Waals surface area contributed by atoms with Crippen LogP contribution in [0.1, 0.15) is 47.1 Å². The van der Waals surface area contributed by atoms with E-state index in [-0.39, 0.29) is 24.0 Å². The molecule has 4 rings (SSSR count). The Balaban J connectivity index is 1.56. The summed E-state index contributed by atoms with van der Waals surface area (Å²) in [5.41, 5.74) is 2.46. The Labute approximate surface area is 180 Å². The van der Waals surface area contributed by atoms with Crippen LogP contribution in [0.4, 0.5) is 14.9 Å². The van der Waals surface area contributed by atoms with Gasteiger partial charge in [-0.1, -0.05) is 13.3 Å². The number of nitriles is 1. The lowest BCUT2D eigenvalue weighted by Crippen LogP contribution is -2.39. The molecule has 0 unspecified atom stereocenters. The normalized spacial score (nSPS) is 18.1. The number of fused-ring (bicyclic) bond motifs is 3. The number of carbonyl (C=O) groups is 2. The lowest BCUT2D eigenvalue weighted by atomic mass is 10.0. The van der Waals surface area contributed by atoms with E-state index in [1.165, 1.54) is 12.1 Å². The Morgan fingerprint density at radius 3 is 2.94 bits per heavy atom. The van der Waals surface area contributed by atoms with Crippen LogP contribution < -0.4 is 5.32 Å². The minimum absolute atomic E-state index is 0.0631. The molecule has 0 saturated carbocycles. The van der Waals surface area contributed by atoms with Crippen LogP contribution in [0.25, 0.3) is 0 Å². The lowest BCUT2D eigenvalue weighted by molar-refractivity contribution is 0.0777. The summed E-state index contributed by atoms with van der Waals surface area (Å²) in [5, 5.41) is 16.4. The number of rotatable bonds is 3. The summed E-state index contributed by atoms with van der Waals surface area (Å²) in [6, 6.07) is 5.28. The number of amides is 3. The first kappa shape index (κ1) is 20.8. The fourth-order valence-corrected chi connectivity index (χ4v) is 4.41. The molecular formula is C22H25FN6O2. The largest absolute Gasteiger partial charge is 0.340 e. The van der Waals surface area contributed by atoms with E-state index < -0.39 is 5.82 Å². The van der Waals surface area contributed by atoms with Crippen molar-refractivity contribution in [2.45, 2.75) is 39.3 Å². The Morgan fingerprint density at radius 1 is 1.39 bits per heavy atom. The molecule has 1 atom stereocenters. The number of benzene rings is 1. The van der Waals surface area contributed by atoms with E-state index in [0.717, 1.165) is 30.2 Å². The highest BCUT2D eigenvalue weighted by Crippen LogP contribution is 2.28. The van der Waals surface area contributed by atoms with E-state index in [4.69, 9.17) is 10.4 Å². The van der Waals surface area contributed by atoms with Gasteiger partial charge in [-0.25, -0.2) is 9.18 Å². The average Bonchev–Trinajstić information content (AvgIpc) is 3.05. The van der Waals surface area contributed by atoms with E-state index in [0.29, 0.717) is 43.4 Å². The lowest BCUT2D eigenvalue weighted by Gasteiger charge is -2.27. The van der Waals surface area contributed by atoms with Gasteiger partial charge in [0.25, 0.3) is 5.91 Å². The predicted molar refractivity (Wildman–Crippen MR) is 112 cm³/mol. The molecule has 2 aromatic rings. The maximum absolute atomic E-state index is 13.5. The minimum atomic E-state index is -0.630. The summed E-state index contributed by atoms with van der Waals surface area (Å²) in [5.74, 6) is -0.338. The van der Waals surface area contributed by atoms with Crippen LogP contribution in [0.15, 0.2) is 18.2 Å². The molecule has 0 saturated heterocycles. The first-order valence-electron chi connectivity index (χ1n) is 10.5. The number of nitrogens with zero attached hydrogens (tertiary/aromatic N) is 5. The second-order valence-electron chi connectivity index (χ2n) is 8.20. The van der Waals surface area contributed by atoms with Crippen molar-refractivity contribution in [3.63, 3.8) is 0 Å². The van der Waals surface area contributed by atoms with Gasteiger partial charge in [-0.2, -0.15) is 10.4 Å². The average molecular weight is 424 g/mol. The molecule has 0 aliphatic carbocycles. The van der Waals surface area contributed by atoms with Crippen LogP contribution in [0.5, 0.6) is 0 Å². The van der Waals surface area contributed by atoms with Crippen molar-refractivity contribution >= 4 is 17.6 Å². The number of urea groups is 1. The number of hydrogen-bond donors (Lipinski definition) is 1. The number of nitrogens with one attached hydrogen (secondary N) is 1. The third-order valence-corrected chi connectivity index (χ3v) is 5.94. The van der Waals surface area contributed by atoms with Gasteiger partial charge >= 0.3 is 6.03 Å². The van der Waals surface area contributed by atoms with Crippen LogP contribution in [-0.2, 0) is 19.5 Å². The maximum Gasteiger partial charge on any atom is 0.322 e. The summed E-state index contributed by atoms with van der Waals surface area (Å²) in [6.07, 6.45) is 2.64. The number of anilines is 1. The fourth-order valence-electron chi connectivity index (χ4n) is 4.41. The fraction of sp³-hybridized carbons (Fsp3) is 0.455. The monoisotopic (exact) mass is 424 g/mol. The van der Waals surface area contributed by atoms with E-state index in [2.05, 4.69) is 12.2 Å². The number of hydrogen-bond acceptors (Lipinski definition) is 4. The van der Waals surface area contributed by atoms with Gasteiger partial charge in [0.15, 0.2) is 0 Å². The number of halogens is 1. The maximum atomic E-state index is 13.5. The molecule has 0 spiro atoms. The van der Waals surface area contributed by atoms with Gasteiger partial charge in [-0.3, -0.25) is 9.48 Å². The van der Waals surface area contributed by atoms with Crippen LogP contribution in [-0.4, -0.2) is 51.7 Å². The highest BCUT2D eigenvalue weighted by Gasteiger charge is 2.34. The van der Waals surface area contributed by atoms with Gasteiger partial charge in [-0.05, 0) is 30.5 Å². The van der Waals surface area contributed by atoms with E-state index in [1.807, 2.05) is 11.7 Å². The Kier molecular flexibility index (Phi) is 5.63. The smallest absolute Gasteiger partial charge is 0.322 e. The first-order chi connectivity index (χ1) is 14.9. The first-order valence-corrected chi connectivity index (χ1v) is 10.5. The molecule has 2 aliphatic heterocycles. The summed E-state index contributed by atoms with van der Waals surface area (Å²) >= 11 is 0. The van der Waals surface area contributed by atoms with Gasteiger partial charge in [0.2, 0.25) is 0 Å². The highest BCUT2D eigenvalue weighted by molar-refractivity contribution is 5.95. The summed E-state index contributed by atoms with van der Waals surface area (Å²) < 4.78 is 15.4. The molecular weight excluding hydrogens is 399 g/mol. The molecule has 2 aliphatic rings. The zero-order chi connectivity index (χ0) is 22.1. The van der Waals surface area contributed by atoms with Crippen molar-refractivity contribution in [3.8, 4) is 6.07 Å². The molecule has 3 heterocycles. The Morgan fingerprint density at radius 2 is 2.19 bits per heavy atom. The molecule has 162 valence electrons. The molecule has 1 N–H and O–H groups in total. The Bertz CT molecular complexity index is 1070. The summed E-state index contributed by atoms with van der Waals surface area (Å²) in [4.78, 5) is 29.3. The summed E-state index contributed by atoms with van der Waals surface area (Å²) in [6.45, 7) is 4.27. The molecule has 31 heavy (non-hydrogen) atoms. The second kappa shape index (κ2) is 8.38. The van der Waals surface area contributed by atoms with Gasteiger partial charge in [0.1, 0.15) is 17.6 Å². The van der Waals surface area contributed by atoms with Crippen molar-refractivity contribution in [2.75, 3.05) is 25.5 Å². The molecule has 8 nitrogen and oxygen atoms in total. The number of aromatic nitrogens is 2. The van der Waals surface area contributed by atoms with E-state index >= 15 is 0 Å². The van der Waals surface area contributed by atoms with Crippen LogP contribution in [0.3, 0.4) is 0 Å². The van der Waals surface area contributed by atoms with Gasteiger partial charge in [-0.15, -0.1) is 0 Å². The standard InChI is InChI=1S/C22H25FN6O2/c1-3-4-14-11-27(2)21(30)20-17-13-28(8-7-19(17)26-29(20)12-14)22(31)25-16-5-6-18(23)15(9-16)10-24/h5-6,9,14H,3-4,7-8,11-13H2,1-2H3,(H,25,31)/t14-/m1/s1. The third-order valence-electron chi connectivity index (χ3n) is 5.94. The molecule has 3 amide bonds. The highest BCUT2D eigenvalue weighted by atomic mass is 19.1. The van der Waals surface area contributed by atoms with Crippen LogP contribution >= 0.6 is 0 Å². The SMILES string of the molecule is CCC[C@@H]1CN(C)C(=O)c2c3c(nn2C1)CCN(C(=O)Nc1ccc(F)c(C#N)c1)C3. The van der Waals surface area contributed by atoms with Crippen molar-refractivity contribution in [3.05, 3.63) is 46.5 Å². The third kappa shape index (κ3) is 3.98. The Hall–Kier alpha value is -3.41. The minimum Gasteiger partial charge on any atom is -0.340 e. The van der Waals surface area contributed by atoms with Crippen LogP contribution in [0.2, 0.25) is 0 Å². The van der Waals surface area contributed by atoms with Crippen LogP contribution in [0, 0.1) is 23.1 Å². The predicted octanol–water partition coefficient (Wildman–Crippen LogP) is 2.99. The van der Waals surface area contributed by atoms with Crippen molar-refractivity contribution in [1.82, 2.24) is 19.6 Å². The topological polar surface area (TPSA) is 94.3 Å². The van der Waals surface area contributed by atoms with Crippen molar-refractivity contribution in [2.24, 2.45) is 5.92 Å². The quantitative estimate of drug-likeness (QED) is 0.820. The molecule has 0 fully saturated rings. The van der Waals surface area contributed by atoms with Gasteiger partial charge < -0.3 is 15.1 Å². The summed E-state index contributed by atoms with van der Waals surface area (Å²) in [7, 11) is 1.81. The molecule has 1 aromatic heterocycles. The molecule has 1 aromatic carbocycles. The zero-order valence-electron chi connectivity index (χ0n) is 17.7. The van der Waals surface area contributed by atoms with Gasteiger partial charge in [0.05, 0.1) is 17.8 Å².